The lowest BCUT2D eigenvalue weighted by Crippen LogP contribution is -1.93. The summed E-state index contributed by atoms with van der Waals surface area (Å²) in [5.74, 6) is 0.611. The third-order valence-electron chi connectivity index (χ3n) is 1.89. The van der Waals surface area contributed by atoms with Crippen molar-refractivity contribution in [2.45, 2.75) is 4.90 Å². The summed E-state index contributed by atoms with van der Waals surface area (Å²) in [4.78, 5) is 7.55. The van der Waals surface area contributed by atoms with Crippen molar-refractivity contribution in [2.24, 2.45) is 0 Å². The normalized spacial score (nSPS) is 11.2. The Morgan fingerprint density at radius 3 is 2.50 bits per heavy atom. The fraction of sp³-hybridized carbons (Fsp3) is 0. The summed E-state index contributed by atoms with van der Waals surface area (Å²) in [6, 6.07) is 4.24. The van der Waals surface area contributed by atoms with E-state index < -0.39 is 9.05 Å². The van der Waals surface area contributed by atoms with E-state index in [0.717, 1.165) is 6.20 Å². The molecule has 0 aliphatic rings. The van der Waals surface area contributed by atoms with Gasteiger partial charge in [-0.25, -0.2) is 13.4 Å². The first-order valence-electron chi connectivity index (χ1n) is 4.64. The van der Waals surface area contributed by atoms with Gasteiger partial charge in [0.1, 0.15) is 10.6 Å². The van der Waals surface area contributed by atoms with Gasteiger partial charge in [-0.3, -0.25) is 4.98 Å². The molecule has 2 aromatic heterocycles. The Morgan fingerprint density at radius 2 is 1.94 bits per heavy atom. The second-order valence-electron chi connectivity index (χ2n) is 3.21. The Hall–Kier alpha value is -1.37. The van der Waals surface area contributed by atoms with Gasteiger partial charge >= 0.3 is 0 Å². The van der Waals surface area contributed by atoms with E-state index in [4.69, 9.17) is 27.0 Å². The quantitative estimate of drug-likeness (QED) is 0.816. The van der Waals surface area contributed by atoms with Gasteiger partial charge in [0.15, 0.2) is 0 Å². The van der Waals surface area contributed by atoms with Crippen LogP contribution in [0.3, 0.4) is 0 Å². The zero-order valence-electron chi connectivity index (χ0n) is 8.75. The molecule has 0 N–H and O–H groups in total. The van der Waals surface area contributed by atoms with Crippen molar-refractivity contribution in [3.8, 4) is 11.6 Å². The largest absolute Gasteiger partial charge is 0.437 e. The van der Waals surface area contributed by atoms with E-state index in [2.05, 4.69) is 9.97 Å². The number of nitrogens with zero attached hydrogens (tertiary/aromatic N) is 2. The van der Waals surface area contributed by atoms with Crippen molar-refractivity contribution in [1.82, 2.24) is 9.97 Å². The summed E-state index contributed by atoms with van der Waals surface area (Å²) in [5, 5.41) is 0.424. The smallest absolute Gasteiger partial charge is 0.262 e. The molecule has 0 atom stereocenters. The molecule has 0 unspecified atom stereocenters. The number of aromatic nitrogens is 2. The van der Waals surface area contributed by atoms with Gasteiger partial charge in [-0.05, 0) is 6.07 Å². The SMILES string of the molecule is O=S(=O)(Cl)c1ccc(Oc2cncc(Cl)c2)nc1. The van der Waals surface area contributed by atoms with Gasteiger partial charge in [0.25, 0.3) is 9.05 Å². The molecule has 5 nitrogen and oxygen atoms in total. The molecule has 0 saturated carbocycles. The van der Waals surface area contributed by atoms with Crippen LogP contribution < -0.4 is 4.74 Å². The van der Waals surface area contributed by atoms with Gasteiger partial charge in [0.05, 0.1) is 17.4 Å². The van der Waals surface area contributed by atoms with Crippen molar-refractivity contribution < 1.29 is 13.2 Å². The number of hydrogen-bond donors (Lipinski definition) is 0. The molecule has 0 aromatic carbocycles. The average molecular weight is 305 g/mol. The van der Waals surface area contributed by atoms with Crippen LogP contribution >= 0.6 is 22.3 Å². The average Bonchev–Trinajstić information content (AvgIpc) is 2.28. The zero-order valence-corrected chi connectivity index (χ0v) is 11.1. The maximum absolute atomic E-state index is 11.0. The van der Waals surface area contributed by atoms with E-state index in [1.54, 1.807) is 6.07 Å². The zero-order chi connectivity index (χ0) is 13.2. The molecule has 18 heavy (non-hydrogen) atoms. The molecule has 0 aliphatic carbocycles. The van der Waals surface area contributed by atoms with Gasteiger partial charge in [-0.2, -0.15) is 0 Å². The molecule has 0 amide bonds. The predicted molar refractivity (Wildman–Crippen MR) is 66.6 cm³/mol. The fourth-order valence-corrected chi connectivity index (χ4v) is 1.99. The van der Waals surface area contributed by atoms with Crippen LogP contribution in [0.5, 0.6) is 11.6 Å². The van der Waals surface area contributed by atoms with Crippen molar-refractivity contribution in [3.05, 3.63) is 41.8 Å². The second-order valence-corrected chi connectivity index (χ2v) is 6.21. The highest BCUT2D eigenvalue weighted by Crippen LogP contribution is 2.22. The van der Waals surface area contributed by atoms with E-state index in [-0.39, 0.29) is 10.8 Å². The van der Waals surface area contributed by atoms with Gasteiger partial charge in [0.2, 0.25) is 5.88 Å². The summed E-state index contributed by atoms with van der Waals surface area (Å²) in [6.07, 6.45) is 4.03. The van der Waals surface area contributed by atoms with Crippen molar-refractivity contribution in [3.63, 3.8) is 0 Å². The van der Waals surface area contributed by atoms with Crippen LogP contribution in [0.2, 0.25) is 5.02 Å². The van der Waals surface area contributed by atoms with Crippen LogP contribution in [0.15, 0.2) is 41.7 Å². The lowest BCUT2D eigenvalue weighted by molar-refractivity contribution is 0.460. The summed E-state index contributed by atoms with van der Waals surface area (Å²) >= 11 is 5.74. The third kappa shape index (κ3) is 3.32. The minimum atomic E-state index is -3.78. The fourth-order valence-electron chi connectivity index (χ4n) is 1.14. The van der Waals surface area contributed by atoms with Gasteiger partial charge in [0, 0.05) is 29.0 Å². The first-order valence-corrected chi connectivity index (χ1v) is 7.33. The molecule has 0 aliphatic heterocycles. The van der Waals surface area contributed by atoms with Crippen LogP contribution in [0.1, 0.15) is 0 Å². The van der Waals surface area contributed by atoms with Crippen molar-refractivity contribution in [2.75, 3.05) is 0 Å². The summed E-state index contributed by atoms with van der Waals surface area (Å²) in [5.41, 5.74) is 0. The minimum Gasteiger partial charge on any atom is -0.437 e. The Morgan fingerprint density at radius 1 is 1.17 bits per heavy atom. The van der Waals surface area contributed by atoms with Gasteiger partial charge in [-0.15, -0.1) is 0 Å². The second kappa shape index (κ2) is 5.09. The maximum Gasteiger partial charge on any atom is 0.262 e. The Labute approximate surface area is 113 Å². The van der Waals surface area contributed by atoms with Crippen LogP contribution in [-0.4, -0.2) is 18.4 Å². The van der Waals surface area contributed by atoms with E-state index in [1.807, 2.05) is 0 Å². The number of halogens is 2. The highest BCUT2D eigenvalue weighted by atomic mass is 35.7. The third-order valence-corrected chi connectivity index (χ3v) is 3.44. The first-order chi connectivity index (χ1) is 8.45. The van der Waals surface area contributed by atoms with E-state index >= 15 is 0 Å². The van der Waals surface area contributed by atoms with E-state index in [1.165, 1.54) is 24.5 Å². The lowest BCUT2D eigenvalue weighted by atomic mass is 10.4. The van der Waals surface area contributed by atoms with E-state index in [9.17, 15) is 8.42 Å². The molecule has 2 heterocycles. The van der Waals surface area contributed by atoms with Crippen molar-refractivity contribution >= 4 is 31.3 Å². The van der Waals surface area contributed by atoms with Gasteiger partial charge in [-0.1, -0.05) is 11.6 Å². The lowest BCUT2D eigenvalue weighted by Gasteiger charge is -2.04. The highest BCUT2D eigenvalue weighted by Gasteiger charge is 2.10. The molecule has 8 heteroatoms. The Balaban J connectivity index is 2.21. The molecule has 0 radical (unpaired) electrons. The monoisotopic (exact) mass is 304 g/mol. The van der Waals surface area contributed by atoms with Crippen molar-refractivity contribution in [1.29, 1.82) is 0 Å². The van der Waals surface area contributed by atoms with Gasteiger partial charge < -0.3 is 4.74 Å². The number of rotatable bonds is 3. The highest BCUT2D eigenvalue weighted by molar-refractivity contribution is 8.13. The van der Waals surface area contributed by atoms with Crippen LogP contribution in [-0.2, 0) is 9.05 Å². The molecule has 0 bridgehead atoms. The Bertz CT molecular complexity index is 659. The molecular formula is C10H6Cl2N2O3S. The predicted octanol–water partition coefficient (Wildman–Crippen LogP) is 2.85. The molecule has 0 fully saturated rings. The summed E-state index contributed by atoms with van der Waals surface area (Å²) < 4.78 is 27.3. The standard InChI is InChI=1S/C10H6Cl2N2O3S/c11-7-3-8(5-13-4-7)17-10-2-1-9(6-14-10)18(12,15)16/h1-6H. The maximum atomic E-state index is 11.0. The van der Waals surface area contributed by atoms with Crippen LogP contribution in [0, 0.1) is 0 Å². The molecule has 2 rings (SSSR count). The molecule has 2 aromatic rings. The number of pyridine rings is 2. The summed E-state index contributed by atoms with van der Waals surface area (Å²) in [6.45, 7) is 0. The number of hydrogen-bond acceptors (Lipinski definition) is 5. The molecular weight excluding hydrogens is 299 g/mol. The van der Waals surface area contributed by atoms with E-state index in [0.29, 0.717) is 10.8 Å². The minimum absolute atomic E-state index is 0.0965. The van der Waals surface area contributed by atoms with Crippen LogP contribution in [0.25, 0.3) is 0 Å². The Kier molecular flexibility index (Phi) is 3.70. The van der Waals surface area contributed by atoms with Crippen LogP contribution in [0.4, 0.5) is 0 Å². The topological polar surface area (TPSA) is 69.2 Å². The molecule has 0 saturated heterocycles. The molecule has 0 spiro atoms. The summed E-state index contributed by atoms with van der Waals surface area (Å²) in [7, 11) is 1.38. The first kappa shape index (κ1) is 13.1. The number of ether oxygens (including phenoxy) is 1. The molecule has 94 valence electrons.